The molecule has 25 heavy (non-hydrogen) atoms. The fourth-order valence-corrected chi connectivity index (χ4v) is 2.56. The third-order valence-electron chi connectivity index (χ3n) is 2.59. The predicted molar refractivity (Wildman–Crippen MR) is 81.3 cm³/mol. The number of hydrogen-bond donors (Lipinski definition) is 5. The minimum Gasteiger partial charge on any atom is -0.480 e. The highest BCUT2D eigenvalue weighted by atomic mass is 31.1. The van der Waals surface area contributed by atoms with Crippen molar-refractivity contribution in [3.05, 3.63) is 0 Å². The van der Waals surface area contributed by atoms with Gasteiger partial charge in [-0.1, -0.05) is 0 Å². The average molecular weight is 385 g/mol. The highest BCUT2D eigenvalue weighted by molar-refractivity contribution is 7.37. The van der Waals surface area contributed by atoms with E-state index in [1.165, 1.54) is 0 Å². The van der Waals surface area contributed by atoms with Gasteiger partial charge in [-0.15, -0.1) is 0 Å². The molecule has 0 radical (unpaired) electrons. The molecule has 0 aliphatic heterocycles. The van der Waals surface area contributed by atoms with Crippen LogP contribution in [0, 0.1) is 0 Å². The summed E-state index contributed by atoms with van der Waals surface area (Å²) in [6, 6.07) is 0. The summed E-state index contributed by atoms with van der Waals surface area (Å²) in [6.45, 7) is -3.46. The van der Waals surface area contributed by atoms with Gasteiger partial charge in [0.25, 0.3) is 0 Å². The third-order valence-corrected chi connectivity index (χ3v) is 3.31. The number of nitrogens with zero attached hydrogens (tertiary/aromatic N) is 3. The van der Waals surface area contributed by atoms with Crippen LogP contribution in [0.3, 0.4) is 0 Å². The summed E-state index contributed by atoms with van der Waals surface area (Å²) in [6.07, 6.45) is -0.490. The Bertz CT molecular complexity index is 458. The largest absolute Gasteiger partial charge is 0.480 e. The minimum absolute atomic E-state index is 0.384. The Hall–Kier alpha value is -2.05. The van der Waals surface area contributed by atoms with Crippen molar-refractivity contribution in [2.45, 2.75) is 0 Å². The van der Waals surface area contributed by atoms with E-state index < -0.39 is 64.4 Å². The Morgan fingerprint density at radius 1 is 0.640 bits per heavy atom. The van der Waals surface area contributed by atoms with E-state index in [0.29, 0.717) is 0 Å². The van der Waals surface area contributed by atoms with Crippen LogP contribution in [0.4, 0.5) is 0 Å². The van der Waals surface area contributed by atoms with Gasteiger partial charge in [0.15, 0.2) is 0 Å². The van der Waals surface area contributed by atoms with Crippen molar-refractivity contribution in [3.63, 3.8) is 0 Å². The van der Waals surface area contributed by atoms with Crippen molar-refractivity contribution in [1.29, 1.82) is 0 Å². The molecule has 1 unspecified atom stereocenters. The van der Waals surface area contributed by atoms with Crippen molar-refractivity contribution in [3.8, 4) is 0 Å². The lowest BCUT2D eigenvalue weighted by atomic mass is 10.4. The summed E-state index contributed by atoms with van der Waals surface area (Å²) in [5.74, 6) is -5.31. The molecule has 0 saturated heterocycles. The van der Waals surface area contributed by atoms with Crippen LogP contribution in [0.5, 0.6) is 0 Å². The van der Waals surface area contributed by atoms with E-state index in [2.05, 4.69) is 0 Å². The molecule has 0 rings (SSSR count). The molecule has 0 saturated carbocycles. The number of carboxylic acid groups (broad SMARTS) is 4. The van der Waals surface area contributed by atoms with Gasteiger partial charge < -0.3 is 25.3 Å². The first-order valence-corrected chi connectivity index (χ1v) is 8.32. The second-order valence-electron chi connectivity index (χ2n) is 5.05. The second kappa shape index (κ2) is 11.5. The van der Waals surface area contributed by atoms with Gasteiger partial charge in [-0.05, 0) is 0 Å². The van der Waals surface area contributed by atoms with Crippen LogP contribution in [0.25, 0.3) is 0 Å². The zero-order chi connectivity index (χ0) is 19.6. The summed E-state index contributed by atoms with van der Waals surface area (Å²) >= 11 is 0. The Morgan fingerprint density at radius 3 is 1.12 bits per heavy atom. The number of carboxylic acids is 4. The standard InChI is InChI=1S/C11H20N3O10P/c15-8(16)1-12(2-9(17)18)5-14(7-25(23)24)6-13(3-10(19)20)4-11(21)22/h25H,1-7H2,(H,15,16)(H,17,18)(H,19,20)(H,21,22)(H,23,24). The van der Waals surface area contributed by atoms with E-state index >= 15 is 0 Å². The van der Waals surface area contributed by atoms with E-state index in [4.69, 9.17) is 25.3 Å². The first-order valence-electron chi connectivity index (χ1n) is 6.75. The van der Waals surface area contributed by atoms with E-state index in [9.17, 15) is 23.7 Å². The molecule has 1 atom stereocenters. The first-order chi connectivity index (χ1) is 11.5. The lowest BCUT2D eigenvalue weighted by molar-refractivity contribution is -0.143. The summed E-state index contributed by atoms with van der Waals surface area (Å²) in [5, 5.41) is 35.2. The maximum absolute atomic E-state index is 11.1. The van der Waals surface area contributed by atoms with E-state index in [1.54, 1.807) is 0 Å². The molecule has 0 heterocycles. The van der Waals surface area contributed by atoms with Crippen LogP contribution in [-0.4, -0.2) is 110 Å². The molecule has 0 bridgehead atoms. The van der Waals surface area contributed by atoms with Crippen LogP contribution in [0.1, 0.15) is 0 Å². The second-order valence-corrected chi connectivity index (χ2v) is 6.16. The predicted octanol–water partition coefficient (Wildman–Crippen LogP) is -2.43. The zero-order valence-electron chi connectivity index (χ0n) is 13.1. The highest BCUT2D eigenvalue weighted by Gasteiger charge is 2.22. The SMILES string of the molecule is O=C(O)CN(CC(=O)O)CN(CN(CC(=O)O)CC(=O)O)C[PH](=O)O. The molecule has 14 heteroatoms. The molecule has 0 aromatic rings. The van der Waals surface area contributed by atoms with E-state index in [-0.39, 0.29) is 13.3 Å². The van der Waals surface area contributed by atoms with Crippen molar-refractivity contribution in [1.82, 2.24) is 14.7 Å². The van der Waals surface area contributed by atoms with Gasteiger partial charge in [-0.2, -0.15) is 0 Å². The highest BCUT2D eigenvalue weighted by Crippen LogP contribution is 2.15. The number of hydrogen-bond acceptors (Lipinski definition) is 8. The maximum atomic E-state index is 11.1. The first kappa shape index (κ1) is 22.9. The molecule has 0 aliphatic carbocycles. The van der Waals surface area contributed by atoms with Crippen LogP contribution >= 0.6 is 8.03 Å². The Labute approximate surface area is 142 Å². The average Bonchev–Trinajstić information content (AvgIpc) is 2.33. The molecular weight excluding hydrogens is 365 g/mol. The van der Waals surface area contributed by atoms with Gasteiger partial charge in [0.1, 0.15) is 0 Å². The van der Waals surface area contributed by atoms with Crippen LogP contribution in [-0.2, 0) is 23.7 Å². The lowest BCUT2D eigenvalue weighted by Gasteiger charge is -2.31. The fourth-order valence-electron chi connectivity index (χ4n) is 1.98. The summed E-state index contributed by atoms with van der Waals surface area (Å²) in [7, 11) is -3.10. The quantitative estimate of drug-likeness (QED) is 0.156. The molecular formula is C11H20N3O10P. The zero-order valence-corrected chi connectivity index (χ0v) is 14.1. The van der Waals surface area contributed by atoms with Crippen LogP contribution in [0.2, 0.25) is 0 Å². The fraction of sp³-hybridized carbons (Fsp3) is 0.636. The topological polar surface area (TPSA) is 196 Å². The van der Waals surface area contributed by atoms with Crippen molar-refractivity contribution in [2.75, 3.05) is 45.8 Å². The van der Waals surface area contributed by atoms with Crippen molar-refractivity contribution in [2.24, 2.45) is 0 Å². The monoisotopic (exact) mass is 385 g/mol. The summed E-state index contributed by atoms with van der Waals surface area (Å²) in [5.41, 5.74) is 0. The molecule has 0 aromatic heterocycles. The van der Waals surface area contributed by atoms with E-state index in [1.807, 2.05) is 0 Å². The van der Waals surface area contributed by atoms with Gasteiger partial charge >= 0.3 is 23.9 Å². The Morgan fingerprint density at radius 2 is 0.920 bits per heavy atom. The molecule has 0 amide bonds. The lowest BCUT2D eigenvalue weighted by Crippen LogP contribution is -2.48. The third kappa shape index (κ3) is 13.0. The van der Waals surface area contributed by atoms with Crippen molar-refractivity contribution >= 4 is 31.9 Å². The van der Waals surface area contributed by atoms with Gasteiger partial charge in [0.2, 0.25) is 8.03 Å². The minimum atomic E-state index is -3.10. The van der Waals surface area contributed by atoms with Gasteiger partial charge in [0.05, 0.1) is 45.8 Å². The summed E-state index contributed by atoms with van der Waals surface area (Å²) in [4.78, 5) is 55.2. The van der Waals surface area contributed by atoms with Gasteiger partial charge in [0, 0.05) is 0 Å². The Balaban J connectivity index is 5.17. The molecule has 0 aliphatic rings. The Kier molecular flexibility index (Phi) is 10.6. The van der Waals surface area contributed by atoms with E-state index in [0.717, 1.165) is 14.7 Å². The van der Waals surface area contributed by atoms with Crippen LogP contribution in [0.15, 0.2) is 0 Å². The van der Waals surface area contributed by atoms with Crippen molar-refractivity contribution < 1.29 is 49.1 Å². The van der Waals surface area contributed by atoms with Gasteiger partial charge in [-0.25, -0.2) is 0 Å². The molecule has 0 aromatic carbocycles. The number of rotatable bonds is 14. The number of aliphatic carboxylic acids is 4. The molecule has 0 fully saturated rings. The van der Waals surface area contributed by atoms with Gasteiger partial charge in [-0.3, -0.25) is 38.4 Å². The molecule has 5 N–H and O–H groups in total. The normalized spacial score (nSPS) is 12.5. The smallest absolute Gasteiger partial charge is 0.317 e. The molecule has 144 valence electrons. The van der Waals surface area contributed by atoms with Crippen LogP contribution < -0.4 is 0 Å². The number of carbonyl (C=O) groups is 4. The maximum Gasteiger partial charge on any atom is 0.317 e. The molecule has 13 nitrogen and oxygen atoms in total. The summed E-state index contributed by atoms with van der Waals surface area (Å²) < 4.78 is 11.1. The molecule has 0 spiro atoms.